The van der Waals surface area contributed by atoms with Gasteiger partial charge in [-0.15, -0.1) is 0 Å². The Balaban J connectivity index is 0.00000116. The Bertz CT molecular complexity index is 682. The third-order valence-electron chi connectivity index (χ3n) is 3.84. The summed E-state index contributed by atoms with van der Waals surface area (Å²) in [5.74, 6) is 0. The topological polar surface area (TPSA) is 28.1 Å². The van der Waals surface area contributed by atoms with Gasteiger partial charge in [0.2, 0.25) is 0 Å². The van der Waals surface area contributed by atoms with Crippen molar-refractivity contribution in [1.29, 1.82) is 5.26 Å². The monoisotopic (exact) mass is 292 g/mol. The normalized spacial score (nSPS) is 15.8. The van der Waals surface area contributed by atoms with E-state index in [4.69, 9.17) is 6.57 Å². The summed E-state index contributed by atoms with van der Waals surface area (Å²) in [6.07, 6.45) is 0.895. The lowest BCUT2D eigenvalue weighted by Crippen LogP contribution is -2.18. The highest BCUT2D eigenvalue weighted by atomic mass is 14.7. The van der Waals surface area contributed by atoms with Crippen LogP contribution in [0.3, 0.4) is 0 Å². The summed E-state index contributed by atoms with van der Waals surface area (Å²) in [5, 5.41) is 9.27. The number of allylic oxidation sites excluding steroid dienone is 4. The number of fused-ring (bicyclic) bond motifs is 1. The van der Waals surface area contributed by atoms with Crippen molar-refractivity contribution in [3.63, 3.8) is 0 Å². The minimum absolute atomic E-state index is 0.0332. The summed E-state index contributed by atoms with van der Waals surface area (Å²) in [7, 11) is 0. The van der Waals surface area contributed by atoms with E-state index < -0.39 is 0 Å². The minimum atomic E-state index is 0.0332. The van der Waals surface area contributed by atoms with Gasteiger partial charge in [0.15, 0.2) is 0 Å². The summed E-state index contributed by atoms with van der Waals surface area (Å²) in [4.78, 5) is 3.43. The molecule has 1 aromatic rings. The molecule has 0 saturated carbocycles. The van der Waals surface area contributed by atoms with E-state index in [2.05, 4.69) is 37.8 Å². The van der Waals surface area contributed by atoms with E-state index in [1.165, 1.54) is 11.1 Å². The first-order valence-electron chi connectivity index (χ1n) is 7.71. The van der Waals surface area contributed by atoms with E-state index in [-0.39, 0.29) is 11.1 Å². The third kappa shape index (κ3) is 3.29. The van der Waals surface area contributed by atoms with Gasteiger partial charge in [0.1, 0.15) is 0 Å². The van der Waals surface area contributed by atoms with E-state index in [1.807, 2.05) is 39.0 Å². The zero-order valence-electron chi connectivity index (χ0n) is 14.4. The maximum absolute atomic E-state index is 9.27. The Labute approximate surface area is 134 Å². The molecule has 1 aliphatic carbocycles. The molecule has 0 spiro atoms. The van der Waals surface area contributed by atoms with Crippen LogP contribution in [-0.2, 0) is 6.42 Å². The van der Waals surface area contributed by atoms with Crippen molar-refractivity contribution in [2.75, 3.05) is 0 Å². The number of rotatable bonds is 0. The summed E-state index contributed by atoms with van der Waals surface area (Å²) in [6.45, 7) is 19.9. The van der Waals surface area contributed by atoms with Crippen molar-refractivity contribution < 1.29 is 0 Å². The van der Waals surface area contributed by atoms with Gasteiger partial charge >= 0.3 is 0 Å². The number of hydrogen-bond donors (Lipinski definition) is 0. The molecular weight excluding hydrogens is 268 g/mol. The van der Waals surface area contributed by atoms with Gasteiger partial charge in [0.05, 0.1) is 12.6 Å². The second-order valence-corrected chi connectivity index (χ2v) is 6.13. The van der Waals surface area contributed by atoms with E-state index >= 15 is 0 Å². The molecule has 0 heterocycles. The summed E-state index contributed by atoms with van der Waals surface area (Å²) >= 11 is 0. The summed E-state index contributed by atoms with van der Waals surface area (Å²) in [5.41, 5.74) is 5.67. The number of hydrogen-bond acceptors (Lipinski definition) is 1. The highest BCUT2D eigenvalue weighted by Crippen LogP contribution is 2.43. The lowest BCUT2D eigenvalue weighted by molar-refractivity contribution is 0.486. The molecule has 0 aliphatic heterocycles. The second kappa shape index (κ2) is 7.10. The first-order chi connectivity index (χ1) is 10.4. The molecule has 0 N–H and O–H groups in total. The lowest BCUT2D eigenvalue weighted by atomic mass is 9.72. The predicted octanol–water partition coefficient (Wildman–Crippen LogP) is 5.79. The van der Waals surface area contributed by atoms with Crippen LogP contribution in [0.15, 0.2) is 41.1 Å². The third-order valence-corrected chi connectivity index (χ3v) is 3.84. The average Bonchev–Trinajstić information content (AvgIpc) is 2.51. The van der Waals surface area contributed by atoms with Crippen molar-refractivity contribution in [3.05, 3.63) is 63.7 Å². The van der Waals surface area contributed by atoms with Crippen molar-refractivity contribution in [2.45, 2.75) is 48.0 Å². The molecule has 2 nitrogen and oxygen atoms in total. The van der Waals surface area contributed by atoms with Crippen LogP contribution in [0.4, 0.5) is 0 Å². The Hall–Kier alpha value is -2.32. The van der Waals surface area contributed by atoms with Gasteiger partial charge < -0.3 is 0 Å². The predicted molar refractivity (Wildman–Crippen MR) is 92.8 cm³/mol. The molecule has 22 heavy (non-hydrogen) atoms. The molecule has 0 aromatic heterocycles. The molecule has 0 radical (unpaired) electrons. The van der Waals surface area contributed by atoms with Gasteiger partial charge in [0.25, 0.3) is 5.70 Å². The summed E-state index contributed by atoms with van der Waals surface area (Å²) < 4.78 is 0. The molecule has 0 bridgehead atoms. The highest BCUT2D eigenvalue weighted by molar-refractivity contribution is 5.88. The highest BCUT2D eigenvalue weighted by Gasteiger charge is 2.28. The average molecular weight is 292 g/mol. The Kier molecular flexibility index (Phi) is 5.72. The van der Waals surface area contributed by atoms with Gasteiger partial charge in [-0.1, -0.05) is 70.0 Å². The van der Waals surface area contributed by atoms with Gasteiger partial charge in [-0.3, -0.25) is 0 Å². The largest absolute Gasteiger partial charge is 0.269 e. The molecule has 0 atom stereocenters. The Morgan fingerprint density at radius 2 is 1.82 bits per heavy atom. The second-order valence-electron chi connectivity index (χ2n) is 6.13. The summed E-state index contributed by atoms with van der Waals surface area (Å²) in [6, 6.07) is 10.1. The maximum Gasteiger partial charge on any atom is 0.269 e. The molecule has 0 fully saturated rings. The van der Waals surface area contributed by atoms with E-state index in [0.29, 0.717) is 0 Å². The van der Waals surface area contributed by atoms with Crippen LogP contribution in [0.2, 0.25) is 0 Å². The van der Waals surface area contributed by atoms with Crippen LogP contribution in [0, 0.1) is 23.3 Å². The fourth-order valence-electron chi connectivity index (χ4n) is 2.86. The number of benzene rings is 1. The van der Waals surface area contributed by atoms with Crippen LogP contribution in [0.5, 0.6) is 0 Å². The van der Waals surface area contributed by atoms with Gasteiger partial charge in [0, 0.05) is 5.57 Å². The zero-order chi connectivity index (χ0) is 16.9. The molecule has 0 amide bonds. The van der Waals surface area contributed by atoms with Crippen LogP contribution in [-0.4, -0.2) is 0 Å². The fraction of sp³-hybridized carbons (Fsp3) is 0.400. The SMILES string of the molecule is CC.[C-]#[N+]/C(C#N)=C1\C(C)=C(C(C)(C)C)Cc2ccccc21. The van der Waals surface area contributed by atoms with E-state index in [9.17, 15) is 5.26 Å². The molecule has 2 heteroatoms. The van der Waals surface area contributed by atoms with Crippen LogP contribution < -0.4 is 0 Å². The lowest BCUT2D eigenvalue weighted by Gasteiger charge is -2.32. The molecule has 0 unspecified atom stereocenters. The maximum atomic E-state index is 9.27. The number of nitrogens with zero attached hydrogens (tertiary/aromatic N) is 2. The molecule has 1 aliphatic rings. The van der Waals surface area contributed by atoms with Crippen molar-refractivity contribution in [2.24, 2.45) is 5.41 Å². The van der Waals surface area contributed by atoms with Crippen molar-refractivity contribution in [3.8, 4) is 6.07 Å². The van der Waals surface area contributed by atoms with Crippen LogP contribution >= 0.6 is 0 Å². The standard InChI is InChI=1S/C18H18N2.C2H6/c1-12-15(18(2,3)4)10-13-8-6-7-9-14(13)17(12)16(11-19)20-5;1-2/h6-9H,10H2,1-4H3;1-2H3/b17-16+;. The fourth-order valence-corrected chi connectivity index (χ4v) is 2.86. The number of nitriles is 1. The molecular formula is C20H24N2. The van der Waals surface area contributed by atoms with Crippen LogP contribution in [0.1, 0.15) is 52.7 Å². The van der Waals surface area contributed by atoms with E-state index in [0.717, 1.165) is 23.1 Å². The van der Waals surface area contributed by atoms with E-state index in [1.54, 1.807) is 0 Å². The van der Waals surface area contributed by atoms with Crippen molar-refractivity contribution in [1.82, 2.24) is 0 Å². The first-order valence-corrected chi connectivity index (χ1v) is 7.71. The Morgan fingerprint density at radius 3 is 2.32 bits per heavy atom. The quantitative estimate of drug-likeness (QED) is 0.439. The van der Waals surface area contributed by atoms with Gasteiger partial charge in [-0.25, -0.2) is 10.1 Å². The van der Waals surface area contributed by atoms with Gasteiger partial charge in [-0.05, 0) is 29.9 Å². The molecule has 2 rings (SSSR count). The van der Waals surface area contributed by atoms with Crippen LogP contribution in [0.25, 0.3) is 10.4 Å². The molecule has 114 valence electrons. The van der Waals surface area contributed by atoms with Crippen molar-refractivity contribution >= 4 is 5.57 Å². The smallest absolute Gasteiger partial charge is 0.226 e. The Morgan fingerprint density at radius 1 is 1.23 bits per heavy atom. The molecule has 0 saturated heterocycles. The molecule has 1 aromatic carbocycles. The first kappa shape index (κ1) is 17.7. The van der Waals surface area contributed by atoms with Gasteiger partial charge in [-0.2, -0.15) is 0 Å². The zero-order valence-corrected chi connectivity index (χ0v) is 14.4. The minimum Gasteiger partial charge on any atom is -0.226 e.